The van der Waals surface area contributed by atoms with Crippen molar-refractivity contribution in [1.29, 1.82) is 0 Å². The summed E-state index contributed by atoms with van der Waals surface area (Å²) in [7, 11) is 2.00. The summed E-state index contributed by atoms with van der Waals surface area (Å²) < 4.78 is 5.29. The first kappa shape index (κ1) is 16.0. The number of aromatic nitrogens is 2. The molecule has 0 radical (unpaired) electrons. The summed E-state index contributed by atoms with van der Waals surface area (Å²) in [4.78, 5) is 21.1. The smallest absolute Gasteiger partial charge is 0.254 e. The van der Waals surface area contributed by atoms with Gasteiger partial charge in [-0.25, -0.2) is 0 Å². The SMILES string of the molecule is Cc1noc([C@H]2CN(C(=O)c3cc(Cl)ccc3C)CCN2C)n1. The number of carbonyl (C=O) groups is 1. The zero-order valence-electron chi connectivity index (χ0n) is 13.4. The summed E-state index contributed by atoms with van der Waals surface area (Å²) in [5, 5.41) is 4.41. The highest BCUT2D eigenvalue weighted by Crippen LogP contribution is 2.25. The average molecular weight is 335 g/mol. The lowest BCUT2D eigenvalue weighted by Gasteiger charge is -2.37. The van der Waals surface area contributed by atoms with Crippen LogP contribution in [0.3, 0.4) is 0 Å². The molecule has 1 aliphatic rings. The zero-order valence-corrected chi connectivity index (χ0v) is 14.2. The standard InChI is InChI=1S/C16H19ClN4O2/c1-10-4-5-12(17)8-13(10)16(22)21-7-6-20(3)14(9-21)15-18-11(2)19-23-15/h4-5,8,14H,6-7,9H2,1-3H3/t14-/m1/s1. The maximum atomic E-state index is 12.8. The van der Waals surface area contributed by atoms with Crippen LogP contribution >= 0.6 is 11.6 Å². The number of amides is 1. The number of piperazine rings is 1. The third-order valence-corrected chi connectivity index (χ3v) is 4.43. The second kappa shape index (κ2) is 6.29. The minimum absolute atomic E-state index is 0.0145. The van der Waals surface area contributed by atoms with Crippen molar-refractivity contribution >= 4 is 17.5 Å². The molecule has 0 N–H and O–H groups in total. The van der Waals surface area contributed by atoms with Gasteiger partial charge >= 0.3 is 0 Å². The van der Waals surface area contributed by atoms with Crippen molar-refractivity contribution in [2.75, 3.05) is 26.7 Å². The van der Waals surface area contributed by atoms with Gasteiger partial charge in [-0.1, -0.05) is 22.8 Å². The highest BCUT2D eigenvalue weighted by Gasteiger charge is 2.32. The van der Waals surface area contributed by atoms with E-state index in [1.165, 1.54) is 0 Å². The van der Waals surface area contributed by atoms with Crippen molar-refractivity contribution in [2.45, 2.75) is 19.9 Å². The van der Waals surface area contributed by atoms with E-state index in [1.807, 2.05) is 24.9 Å². The fraction of sp³-hybridized carbons (Fsp3) is 0.438. The quantitative estimate of drug-likeness (QED) is 0.844. The van der Waals surface area contributed by atoms with Gasteiger partial charge in [0.15, 0.2) is 5.82 Å². The van der Waals surface area contributed by atoms with Crippen molar-refractivity contribution in [3.8, 4) is 0 Å². The number of benzene rings is 1. The van der Waals surface area contributed by atoms with Crippen LogP contribution in [0.1, 0.15) is 33.7 Å². The van der Waals surface area contributed by atoms with Crippen molar-refractivity contribution < 1.29 is 9.32 Å². The molecule has 0 unspecified atom stereocenters. The number of hydrogen-bond acceptors (Lipinski definition) is 5. The molecule has 0 spiro atoms. The van der Waals surface area contributed by atoms with E-state index in [0.717, 1.165) is 12.1 Å². The van der Waals surface area contributed by atoms with Gasteiger partial charge in [-0.05, 0) is 38.6 Å². The molecule has 0 aliphatic carbocycles. The molecule has 3 rings (SSSR count). The summed E-state index contributed by atoms with van der Waals surface area (Å²) in [6, 6.07) is 5.30. The Bertz CT molecular complexity index is 731. The minimum atomic E-state index is -0.0895. The van der Waals surface area contributed by atoms with Crippen LogP contribution in [-0.2, 0) is 0 Å². The van der Waals surface area contributed by atoms with E-state index in [-0.39, 0.29) is 11.9 Å². The molecule has 1 aromatic heterocycles. The van der Waals surface area contributed by atoms with E-state index < -0.39 is 0 Å². The van der Waals surface area contributed by atoms with Crippen LogP contribution in [-0.4, -0.2) is 52.5 Å². The minimum Gasteiger partial charge on any atom is -0.338 e. The first-order valence-corrected chi connectivity index (χ1v) is 7.89. The van der Waals surface area contributed by atoms with Gasteiger partial charge in [0.1, 0.15) is 6.04 Å². The number of nitrogens with zero attached hydrogens (tertiary/aromatic N) is 4. The third kappa shape index (κ3) is 3.23. The molecular formula is C16H19ClN4O2. The summed E-state index contributed by atoms with van der Waals surface area (Å²) >= 11 is 6.04. The van der Waals surface area contributed by atoms with Crippen LogP contribution in [0, 0.1) is 13.8 Å². The second-order valence-electron chi connectivity index (χ2n) is 5.89. The van der Waals surface area contributed by atoms with Crippen molar-refractivity contribution in [2.24, 2.45) is 0 Å². The highest BCUT2D eigenvalue weighted by molar-refractivity contribution is 6.31. The Hall–Kier alpha value is -1.92. The van der Waals surface area contributed by atoms with Gasteiger partial charge in [0.2, 0.25) is 5.89 Å². The molecule has 2 heterocycles. The monoisotopic (exact) mass is 334 g/mol. The van der Waals surface area contributed by atoms with Crippen molar-refractivity contribution in [3.63, 3.8) is 0 Å². The van der Waals surface area contributed by atoms with E-state index in [2.05, 4.69) is 15.0 Å². The second-order valence-corrected chi connectivity index (χ2v) is 6.32. The molecule has 1 fully saturated rings. The molecule has 1 atom stereocenters. The number of aryl methyl sites for hydroxylation is 2. The number of hydrogen-bond donors (Lipinski definition) is 0. The Morgan fingerprint density at radius 3 is 2.83 bits per heavy atom. The normalized spacial score (nSPS) is 19.1. The number of halogens is 1. The van der Waals surface area contributed by atoms with Gasteiger partial charge in [0, 0.05) is 30.2 Å². The van der Waals surface area contributed by atoms with E-state index >= 15 is 0 Å². The summed E-state index contributed by atoms with van der Waals surface area (Å²) in [5.74, 6) is 1.13. The molecule has 1 aliphatic heterocycles. The van der Waals surface area contributed by atoms with Crippen LogP contribution < -0.4 is 0 Å². The van der Waals surface area contributed by atoms with E-state index in [1.54, 1.807) is 19.1 Å². The number of likely N-dealkylation sites (N-methyl/N-ethyl adjacent to an activating group) is 1. The Balaban J connectivity index is 1.83. The van der Waals surface area contributed by atoms with Crippen molar-refractivity contribution in [1.82, 2.24) is 19.9 Å². The first-order chi connectivity index (χ1) is 11.0. The predicted molar refractivity (Wildman–Crippen MR) is 86.5 cm³/mol. The highest BCUT2D eigenvalue weighted by atomic mass is 35.5. The predicted octanol–water partition coefficient (Wildman–Crippen LogP) is 2.47. The fourth-order valence-corrected chi connectivity index (χ4v) is 2.94. The van der Waals surface area contributed by atoms with Crippen LogP contribution in [0.2, 0.25) is 5.02 Å². The third-order valence-electron chi connectivity index (χ3n) is 4.19. The van der Waals surface area contributed by atoms with Crippen LogP contribution in [0.5, 0.6) is 0 Å². The molecular weight excluding hydrogens is 316 g/mol. The van der Waals surface area contributed by atoms with Gasteiger partial charge in [-0.2, -0.15) is 4.98 Å². The number of rotatable bonds is 2. The molecule has 1 aromatic carbocycles. The molecule has 1 amide bonds. The summed E-state index contributed by atoms with van der Waals surface area (Å²) in [6.45, 7) is 5.62. The molecule has 6 nitrogen and oxygen atoms in total. The van der Waals surface area contributed by atoms with Crippen molar-refractivity contribution in [3.05, 3.63) is 46.1 Å². The molecule has 0 bridgehead atoms. The Labute approximate surface area is 140 Å². The topological polar surface area (TPSA) is 62.5 Å². The van der Waals surface area contributed by atoms with Gasteiger partial charge in [0.25, 0.3) is 5.91 Å². The lowest BCUT2D eigenvalue weighted by atomic mass is 10.1. The Morgan fingerprint density at radius 1 is 1.35 bits per heavy atom. The molecule has 2 aromatic rings. The molecule has 122 valence electrons. The van der Waals surface area contributed by atoms with Crippen LogP contribution in [0.25, 0.3) is 0 Å². The van der Waals surface area contributed by atoms with E-state index in [4.69, 9.17) is 16.1 Å². The fourth-order valence-electron chi connectivity index (χ4n) is 2.77. The summed E-state index contributed by atoms with van der Waals surface area (Å²) in [6.07, 6.45) is 0. The largest absolute Gasteiger partial charge is 0.338 e. The molecule has 7 heteroatoms. The number of carbonyl (C=O) groups excluding carboxylic acids is 1. The molecule has 1 saturated heterocycles. The lowest BCUT2D eigenvalue weighted by Crippen LogP contribution is -2.49. The molecule has 0 saturated carbocycles. The van der Waals surface area contributed by atoms with E-state index in [0.29, 0.717) is 35.4 Å². The lowest BCUT2D eigenvalue weighted by molar-refractivity contribution is 0.0488. The molecule has 23 heavy (non-hydrogen) atoms. The average Bonchev–Trinajstić information content (AvgIpc) is 2.96. The Kier molecular flexibility index (Phi) is 4.37. The van der Waals surface area contributed by atoms with Gasteiger partial charge in [-0.15, -0.1) is 0 Å². The first-order valence-electron chi connectivity index (χ1n) is 7.51. The summed E-state index contributed by atoms with van der Waals surface area (Å²) in [5.41, 5.74) is 1.56. The van der Waals surface area contributed by atoms with Crippen LogP contribution in [0.4, 0.5) is 0 Å². The van der Waals surface area contributed by atoms with Crippen LogP contribution in [0.15, 0.2) is 22.7 Å². The zero-order chi connectivity index (χ0) is 16.6. The maximum absolute atomic E-state index is 12.8. The van der Waals surface area contributed by atoms with E-state index in [9.17, 15) is 4.79 Å². The maximum Gasteiger partial charge on any atom is 0.254 e. The van der Waals surface area contributed by atoms with Gasteiger partial charge in [-0.3, -0.25) is 9.69 Å². The Morgan fingerprint density at radius 2 is 2.13 bits per heavy atom. The van der Waals surface area contributed by atoms with Gasteiger partial charge < -0.3 is 9.42 Å². The van der Waals surface area contributed by atoms with Gasteiger partial charge in [0.05, 0.1) is 0 Å².